The summed E-state index contributed by atoms with van der Waals surface area (Å²) in [6.45, 7) is 1.71. The lowest BCUT2D eigenvalue weighted by atomic mass is 10.1. The summed E-state index contributed by atoms with van der Waals surface area (Å²) < 4.78 is 25.3. The first-order valence-corrected chi connectivity index (χ1v) is 13.7. The summed E-state index contributed by atoms with van der Waals surface area (Å²) in [4.78, 5) is 30.7. The molecule has 1 saturated heterocycles. The number of benzene rings is 2. The summed E-state index contributed by atoms with van der Waals surface area (Å²) in [5, 5.41) is 9.00. The van der Waals surface area contributed by atoms with Crippen LogP contribution in [0.5, 0.6) is 0 Å². The fraction of sp³-hybridized carbons (Fsp3) is 0.217. The number of piperazine rings is 1. The van der Waals surface area contributed by atoms with Crippen LogP contribution in [0.1, 0.15) is 11.1 Å². The number of sulfone groups is 1. The lowest BCUT2D eigenvalue weighted by molar-refractivity contribution is -0.123. The van der Waals surface area contributed by atoms with E-state index in [1.54, 1.807) is 23.0 Å². The smallest absolute Gasteiger partial charge is 0.286 e. The Balaban J connectivity index is 1.34. The molecular formula is C23H20ClN5O4S2. The number of amides is 2. The van der Waals surface area contributed by atoms with Gasteiger partial charge in [-0.05, 0) is 53.2 Å². The van der Waals surface area contributed by atoms with Crippen molar-refractivity contribution in [2.75, 3.05) is 25.9 Å². The maximum absolute atomic E-state index is 12.4. The second-order valence-corrected chi connectivity index (χ2v) is 11.7. The number of fused-ring (bicyclic) bond motifs is 1. The second-order valence-electron chi connectivity index (χ2n) is 8.23. The Morgan fingerprint density at radius 3 is 2.77 bits per heavy atom. The third-order valence-corrected chi connectivity index (χ3v) is 8.16. The van der Waals surface area contributed by atoms with Gasteiger partial charge in [-0.15, -0.1) is 0 Å². The Hall–Kier alpha value is -3.15. The number of hydrogen-bond donors (Lipinski definition) is 1. The molecule has 9 nitrogen and oxygen atoms in total. The zero-order valence-corrected chi connectivity index (χ0v) is 21.0. The van der Waals surface area contributed by atoms with Crippen LogP contribution in [0.2, 0.25) is 5.02 Å². The molecule has 2 aliphatic heterocycles. The van der Waals surface area contributed by atoms with E-state index in [1.165, 1.54) is 23.9 Å². The maximum Gasteiger partial charge on any atom is 0.286 e. The monoisotopic (exact) mass is 529 g/mol. The van der Waals surface area contributed by atoms with Crippen LogP contribution in [0.15, 0.2) is 57.4 Å². The maximum atomic E-state index is 12.4. The van der Waals surface area contributed by atoms with Crippen LogP contribution in [0.25, 0.3) is 17.0 Å². The molecule has 180 valence electrons. The van der Waals surface area contributed by atoms with E-state index in [1.807, 2.05) is 23.1 Å². The molecule has 2 amide bonds. The van der Waals surface area contributed by atoms with Crippen LogP contribution in [-0.4, -0.2) is 66.0 Å². The van der Waals surface area contributed by atoms with Crippen molar-refractivity contribution in [1.29, 1.82) is 0 Å². The van der Waals surface area contributed by atoms with Crippen molar-refractivity contribution in [3.05, 3.63) is 63.6 Å². The molecule has 1 aromatic heterocycles. The standard InChI is InChI=1S/C23H20ClN5O4S2/c1-35(32,33)17-4-3-15(18(24)10-17)12-29-19-5-2-14(8-16(19)11-26-29)9-20-22(31)27-23(34-20)28-7-6-25-21(30)13-28/h2-5,8-11H,6-7,12-13H2,1H3,(H,25,30)/b20-9-. The zero-order valence-electron chi connectivity index (χ0n) is 18.6. The highest BCUT2D eigenvalue weighted by Gasteiger charge is 2.28. The van der Waals surface area contributed by atoms with Crippen molar-refractivity contribution < 1.29 is 18.0 Å². The van der Waals surface area contributed by atoms with Gasteiger partial charge >= 0.3 is 0 Å². The summed E-state index contributed by atoms with van der Waals surface area (Å²) in [6, 6.07) is 10.4. The van der Waals surface area contributed by atoms with E-state index in [2.05, 4.69) is 15.4 Å². The van der Waals surface area contributed by atoms with Crippen molar-refractivity contribution in [3.8, 4) is 0 Å². The number of carbonyl (C=O) groups excluding carboxylic acids is 2. The Labute approximate surface area is 210 Å². The number of hydrogen-bond acceptors (Lipinski definition) is 7. The first-order chi connectivity index (χ1) is 16.7. The van der Waals surface area contributed by atoms with Gasteiger partial charge in [0.2, 0.25) is 5.91 Å². The third kappa shape index (κ3) is 4.97. The van der Waals surface area contributed by atoms with Gasteiger partial charge in [-0.1, -0.05) is 23.7 Å². The number of nitrogens with one attached hydrogen (secondary N) is 1. The van der Waals surface area contributed by atoms with Crippen molar-refractivity contribution in [2.45, 2.75) is 11.4 Å². The van der Waals surface area contributed by atoms with E-state index in [0.29, 0.717) is 34.7 Å². The van der Waals surface area contributed by atoms with Gasteiger partial charge in [-0.2, -0.15) is 10.1 Å². The number of aromatic nitrogens is 2. The highest BCUT2D eigenvalue weighted by molar-refractivity contribution is 8.18. The fourth-order valence-electron chi connectivity index (χ4n) is 3.86. The summed E-state index contributed by atoms with van der Waals surface area (Å²) in [5.74, 6) is -0.404. The van der Waals surface area contributed by atoms with E-state index >= 15 is 0 Å². The molecule has 2 aliphatic rings. The quantitative estimate of drug-likeness (QED) is 0.517. The second kappa shape index (κ2) is 9.14. The van der Waals surface area contributed by atoms with Gasteiger partial charge in [0.1, 0.15) is 0 Å². The highest BCUT2D eigenvalue weighted by atomic mass is 35.5. The van der Waals surface area contributed by atoms with Crippen LogP contribution in [-0.2, 0) is 26.0 Å². The third-order valence-electron chi connectivity index (χ3n) is 5.65. The molecule has 0 unspecified atom stereocenters. The minimum atomic E-state index is -3.34. The molecule has 5 rings (SSSR count). The molecule has 0 radical (unpaired) electrons. The van der Waals surface area contributed by atoms with Crippen molar-refractivity contribution in [3.63, 3.8) is 0 Å². The Kier molecular flexibility index (Phi) is 6.16. The average Bonchev–Trinajstić information content (AvgIpc) is 3.37. The Morgan fingerprint density at radius 2 is 2.03 bits per heavy atom. The number of carbonyl (C=O) groups is 2. The number of nitrogens with zero attached hydrogens (tertiary/aromatic N) is 4. The largest absolute Gasteiger partial charge is 0.353 e. The first kappa shape index (κ1) is 23.6. The summed E-state index contributed by atoms with van der Waals surface area (Å²) in [6.07, 6.45) is 4.65. The van der Waals surface area contributed by atoms with E-state index < -0.39 is 9.84 Å². The molecular weight excluding hydrogens is 510 g/mol. The highest BCUT2D eigenvalue weighted by Crippen LogP contribution is 2.31. The van der Waals surface area contributed by atoms with Gasteiger partial charge in [0.05, 0.1) is 34.6 Å². The predicted molar refractivity (Wildman–Crippen MR) is 136 cm³/mol. The Bertz CT molecular complexity index is 1540. The van der Waals surface area contributed by atoms with Crippen molar-refractivity contribution in [2.24, 2.45) is 4.99 Å². The number of thioether (sulfide) groups is 1. The van der Waals surface area contributed by atoms with Gasteiger partial charge in [0.15, 0.2) is 15.0 Å². The van der Waals surface area contributed by atoms with E-state index in [-0.39, 0.29) is 23.3 Å². The van der Waals surface area contributed by atoms with Gasteiger partial charge in [0, 0.05) is 29.8 Å². The molecule has 1 fully saturated rings. The van der Waals surface area contributed by atoms with Gasteiger partial charge in [0.25, 0.3) is 5.91 Å². The lowest BCUT2D eigenvalue weighted by Gasteiger charge is -2.27. The number of aliphatic imine (C=N–C) groups is 1. The fourth-order valence-corrected chi connectivity index (χ4v) is 5.75. The molecule has 2 aromatic carbocycles. The lowest BCUT2D eigenvalue weighted by Crippen LogP contribution is -2.49. The molecule has 3 heterocycles. The predicted octanol–water partition coefficient (Wildman–Crippen LogP) is 2.54. The molecule has 0 spiro atoms. The van der Waals surface area contributed by atoms with E-state index in [0.717, 1.165) is 28.3 Å². The average molecular weight is 530 g/mol. The summed E-state index contributed by atoms with van der Waals surface area (Å²) in [7, 11) is -3.34. The molecule has 0 atom stereocenters. The summed E-state index contributed by atoms with van der Waals surface area (Å²) >= 11 is 7.60. The normalized spacial score (nSPS) is 17.8. The minimum Gasteiger partial charge on any atom is -0.353 e. The molecule has 0 saturated carbocycles. The van der Waals surface area contributed by atoms with E-state index in [4.69, 9.17) is 11.6 Å². The summed E-state index contributed by atoms with van der Waals surface area (Å²) in [5.41, 5.74) is 2.45. The molecule has 0 bridgehead atoms. The van der Waals surface area contributed by atoms with Crippen molar-refractivity contribution >= 4 is 67.2 Å². The van der Waals surface area contributed by atoms with Crippen LogP contribution in [0.3, 0.4) is 0 Å². The number of rotatable bonds is 4. The Morgan fingerprint density at radius 1 is 1.20 bits per heavy atom. The topological polar surface area (TPSA) is 114 Å². The van der Waals surface area contributed by atoms with Crippen LogP contribution in [0, 0.1) is 0 Å². The number of amidine groups is 1. The van der Waals surface area contributed by atoms with Crippen LogP contribution >= 0.6 is 23.4 Å². The van der Waals surface area contributed by atoms with Crippen molar-refractivity contribution in [1.82, 2.24) is 20.0 Å². The first-order valence-electron chi connectivity index (χ1n) is 10.7. The molecule has 3 aromatic rings. The minimum absolute atomic E-state index is 0.0838. The SMILES string of the molecule is CS(=O)(=O)c1ccc(Cn2ncc3cc(/C=C4\SC(N5CCNC(=O)C5)=NC4=O)ccc32)c(Cl)c1. The molecule has 0 aliphatic carbocycles. The van der Waals surface area contributed by atoms with Gasteiger partial charge in [-0.3, -0.25) is 14.3 Å². The van der Waals surface area contributed by atoms with Gasteiger partial charge < -0.3 is 10.2 Å². The zero-order chi connectivity index (χ0) is 24.7. The number of halogens is 1. The van der Waals surface area contributed by atoms with Crippen LogP contribution in [0.4, 0.5) is 0 Å². The van der Waals surface area contributed by atoms with Gasteiger partial charge in [-0.25, -0.2) is 8.42 Å². The molecule has 12 heteroatoms. The van der Waals surface area contributed by atoms with Crippen LogP contribution < -0.4 is 5.32 Å². The molecule has 35 heavy (non-hydrogen) atoms. The van der Waals surface area contributed by atoms with E-state index in [9.17, 15) is 18.0 Å². The molecule has 1 N–H and O–H groups in total.